The summed E-state index contributed by atoms with van der Waals surface area (Å²) in [6, 6.07) is 7.42. The number of aryl methyl sites for hydroxylation is 1. The molecular weight excluding hydrogens is 256 g/mol. The zero-order valence-corrected chi connectivity index (χ0v) is 11.0. The van der Waals surface area contributed by atoms with Crippen LogP contribution in [-0.4, -0.2) is 21.5 Å². The number of para-hydroxylation sites is 1. The highest BCUT2D eigenvalue weighted by Crippen LogP contribution is 2.26. The molecule has 2 N–H and O–H groups in total. The van der Waals surface area contributed by atoms with Crippen molar-refractivity contribution in [2.24, 2.45) is 0 Å². The van der Waals surface area contributed by atoms with E-state index in [1.54, 1.807) is 6.07 Å². The molecule has 6 heteroatoms. The van der Waals surface area contributed by atoms with Gasteiger partial charge in [-0.3, -0.25) is 4.79 Å². The van der Waals surface area contributed by atoms with Crippen LogP contribution in [0.4, 0.5) is 5.69 Å². The normalized spacial score (nSPS) is 10.8. The number of amides is 1. The van der Waals surface area contributed by atoms with Gasteiger partial charge in [0.15, 0.2) is 5.82 Å². The van der Waals surface area contributed by atoms with Crippen molar-refractivity contribution in [2.45, 2.75) is 19.8 Å². The van der Waals surface area contributed by atoms with Crippen molar-refractivity contribution in [3.8, 4) is 11.6 Å². The number of aromatic nitrogens is 3. The van der Waals surface area contributed by atoms with E-state index < -0.39 is 0 Å². The van der Waals surface area contributed by atoms with Gasteiger partial charge in [0.1, 0.15) is 5.52 Å². The summed E-state index contributed by atoms with van der Waals surface area (Å²) in [5.41, 5.74) is 3.10. The number of hydrogen-bond donors (Lipinski definition) is 2. The molecule has 1 aromatic carbocycles. The van der Waals surface area contributed by atoms with E-state index in [0.717, 1.165) is 24.1 Å². The Kier molecular flexibility index (Phi) is 3.20. The Morgan fingerprint density at radius 1 is 1.45 bits per heavy atom. The molecule has 0 spiro atoms. The number of hydrogen-bond acceptors (Lipinski definition) is 4. The lowest BCUT2D eigenvalue weighted by atomic mass is 10.2. The smallest absolute Gasteiger partial charge is 0.211 e. The lowest BCUT2D eigenvalue weighted by Gasteiger charge is -1.97. The predicted octanol–water partition coefficient (Wildman–Crippen LogP) is 2.74. The van der Waals surface area contributed by atoms with E-state index in [0.29, 0.717) is 29.2 Å². The summed E-state index contributed by atoms with van der Waals surface area (Å²) in [4.78, 5) is 18.2. The van der Waals surface area contributed by atoms with Gasteiger partial charge in [0.2, 0.25) is 12.2 Å². The van der Waals surface area contributed by atoms with Gasteiger partial charge in [-0.2, -0.15) is 0 Å². The fourth-order valence-electron chi connectivity index (χ4n) is 2.13. The van der Waals surface area contributed by atoms with Gasteiger partial charge in [0.05, 0.1) is 16.9 Å². The summed E-state index contributed by atoms with van der Waals surface area (Å²) < 4.78 is 5.30. The molecule has 0 aliphatic heterocycles. The van der Waals surface area contributed by atoms with Gasteiger partial charge in [-0.1, -0.05) is 24.6 Å². The molecule has 0 saturated heterocycles. The van der Waals surface area contributed by atoms with Gasteiger partial charge >= 0.3 is 0 Å². The van der Waals surface area contributed by atoms with Crippen LogP contribution in [0, 0.1) is 0 Å². The summed E-state index contributed by atoms with van der Waals surface area (Å²) in [6.07, 6.45) is 2.53. The standard InChI is InChI=1S/C14H14N4O2/c1-2-4-9-7-12(20-18-9)14-16-11-6-3-5-10(15-8-19)13(11)17-14/h3,5-8H,2,4H2,1H3,(H,15,19)(H,16,17). The third-order valence-electron chi connectivity index (χ3n) is 3.03. The highest BCUT2D eigenvalue weighted by molar-refractivity contribution is 5.94. The van der Waals surface area contributed by atoms with E-state index in [2.05, 4.69) is 27.4 Å². The molecule has 0 atom stereocenters. The number of nitrogens with one attached hydrogen (secondary N) is 2. The first-order chi connectivity index (χ1) is 9.81. The maximum absolute atomic E-state index is 10.6. The number of carbonyl (C=O) groups is 1. The zero-order valence-electron chi connectivity index (χ0n) is 11.0. The molecule has 0 unspecified atom stereocenters. The van der Waals surface area contributed by atoms with E-state index in [1.807, 2.05) is 18.2 Å². The minimum absolute atomic E-state index is 0.599. The third kappa shape index (κ3) is 2.16. The van der Waals surface area contributed by atoms with E-state index >= 15 is 0 Å². The number of rotatable bonds is 5. The Hall–Kier alpha value is -2.63. The van der Waals surface area contributed by atoms with Crippen molar-refractivity contribution in [3.05, 3.63) is 30.0 Å². The molecule has 102 valence electrons. The molecule has 0 aliphatic carbocycles. The van der Waals surface area contributed by atoms with Crippen molar-refractivity contribution < 1.29 is 9.32 Å². The number of H-pyrrole nitrogens is 1. The van der Waals surface area contributed by atoms with Crippen LogP contribution in [0.1, 0.15) is 19.0 Å². The molecule has 0 radical (unpaired) electrons. The summed E-state index contributed by atoms with van der Waals surface area (Å²) in [6.45, 7) is 2.09. The fourth-order valence-corrected chi connectivity index (χ4v) is 2.13. The lowest BCUT2D eigenvalue weighted by molar-refractivity contribution is -0.105. The van der Waals surface area contributed by atoms with Crippen molar-refractivity contribution >= 4 is 23.1 Å². The van der Waals surface area contributed by atoms with Gasteiger partial charge in [-0.05, 0) is 18.6 Å². The average molecular weight is 270 g/mol. The average Bonchev–Trinajstić information content (AvgIpc) is 3.06. The monoisotopic (exact) mass is 270 g/mol. The number of carbonyl (C=O) groups excluding carboxylic acids is 1. The van der Waals surface area contributed by atoms with Crippen LogP contribution in [0.25, 0.3) is 22.6 Å². The lowest BCUT2D eigenvalue weighted by Crippen LogP contribution is -1.93. The number of benzene rings is 1. The number of fused-ring (bicyclic) bond motifs is 1. The fraction of sp³-hybridized carbons (Fsp3) is 0.214. The highest BCUT2D eigenvalue weighted by atomic mass is 16.5. The van der Waals surface area contributed by atoms with Crippen LogP contribution in [0.2, 0.25) is 0 Å². The van der Waals surface area contributed by atoms with Crippen molar-refractivity contribution in [3.63, 3.8) is 0 Å². The first-order valence-electron chi connectivity index (χ1n) is 6.46. The minimum Gasteiger partial charge on any atom is -0.353 e. The van der Waals surface area contributed by atoms with Gasteiger partial charge in [0, 0.05) is 6.07 Å². The van der Waals surface area contributed by atoms with Gasteiger partial charge in [0.25, 0.3) is 0 Å². The van der Waals surface area contributed by atoms with Crippen LogP contribution in [-0.2, 0) is 11.2 Å². The van der Waals surface area contributed by atoms with Crippen LogP contribution >= 0.6 is 0 Å². The molecule has 6 nitrogen and oxygen atoms in total. The Morgan fingerprint density at radius 2 is 2.35 bits per heavy atom. The van der Waals surface area contributed by atoms with E-state index in [1.165, 1.54) is 0 Å². The summed E-state index contributed by atoms with van der Waals surface area (Å²) in [5.74, 6) is 1.21. The Bertz CT molecular complexity index is 745. The summed E-state index contributed by atoms with van der Waals surface area (Å²) >= 11 is 0. The molecule has 0 aliphatic rings. The van der Waals surface area contributed by atoms with Crippen LogP contribution in [0.3, 0.4) is 0 Å². The molecule has 20 heavy (non-hydrogen) atoms. The highest BCUT2D eigenvalue weighted by Gasteiger charge is 2.12. The second-order valence-corrected chi connectivity index (χ2v) is 4.48. The second kappa shape index (κ2) is 5.16. The molecule has 1 amide bonds. The largest absolute Gasteiger partial charge is 0.353 e. The Labute approximate surface area is 115 Å². The summed E-state index contributed by atoms with van der Waals surface area (Å²) in [7, 11) is 0. The third-order valence-corrected chi connectivity index (χ3v) is 3.03. The molecule has 2 aromatic heterocycles. The van der Waals surface area contributed by atoms with Gasteiger partial charge in [-0.25, -0.2) is 4.98 Å². The van der Waals surface area contributed by atoms with E-state index in [-0.39, 0.29) is 0 Å². The topological polar surface area (TPSA) is 83.8 Å². The van der Waals surface area contributed by atoms with Crippen LogP contribution < -0.4 is 5.32 Å². The van der Waals surface area contributed by atoms with Gasteiger partial charge < -0.3 is 14.8 Å². The Morgan fingerprint density at radius 3 is 3.15 bits per heavy atom. The summed E-state index contributed by atoms with van der Waals surface area (Å²) in [5, 5.41) is 6.64. The van der Waals surface area contributed by atoms with E-state index in [9.17, 15) is 4.79 Å². The SMILES string of the molecule is CCCc1cc(-c2nc3c(NC=O)cccc3[nH]2)on1. The molecule has 3 rings (SSSR count). The quantitative estimate of drug-likeness (QED) is 0.698. The van der Waals surface area contributed by atoms with Crippen LogP contribution in [0.5, 0.6) is 0 Å². The van der Waals surface area contributed by atoms with Gasteiger partial charge in [-0.15, -0.1) is 0 Å². The molecule has 0 fully saturated rings. The first-order valence-corrected chi connectivity index (χ1v) is 6.46. The van der Waals surface area contributed by atoms with E-state index in [4.69, 9.17) is 4.52 Å². The zero-order chi connectivity index (χ0) is 13.9. The number of anilines is 1. The number of imidazole rings is 1. The molecule has 3 aromatic rings. The van der Waals surface area contributed by atoms with Crippen molar-refractivity contribution in [1.82, 2.24) is 15.1 Å². The minimum atomic E-state index is 0.599. The molecular formula is C14H14N4O2. The van der Waals surface area contributed by atoms with Crippen molar-refractivity contribution in [1.29, 1.82) is 0 Å². The maximum Gasteiger partial charge on any atom is 0.211 e. The number of nitrogens with zero attached hydrogens (tertiary/aromatic N) is 2. The van der Waals surface area contributed by atoms with Crippen LogP contribution in [0.15, 0.2) is 28.8 Å². The predicted molar refractivity (Wildman–Crippen MR) is 75.3 cm³/mol. The van der Waals surface area contributed by atoms with Crippen molar-refractivity contribution in [2.75, 3.05) is 5.32 Å². The molecule has 0 saturated carbocycles. The first kappa shape index (κ1) is 12.4. The molecule has 0 bridgehead atoms. The Balaban J connectivity index is 2.03. The molecule has 2 heterocycles. The number of aromatic amines is 1. The maximum atomic E-state index is 10.6. The second-order valence-electron chi connectivity index (χ2n) is 4.48.